The number of benzene rings is 3. The first-order chi connectivity index (χ1) is 15.0. The fourth-order valence-corrected chi connectivity index (χ4v) is 6.61. The van der Waals surface area contributed by atoms with Crippen LogP contribution in [-0.2, 0) is 19.8 Å². The van der Waals surface area contributed by atoms with E-state index in [0.29, 0.717) is 5.69 Å². The monoisotopic (exact) mass is 471 g/mol. The minimum atomic E-state index is -1.16. The maximum atomic E-state index is 13.9. The fraction of sp³-hybridized carbons (Fsp3) is 0.192. The second-order valence-electron chi connectivity index (χ2n) is 8.59. The van der Waals surface area contributed by atoms with Crippen LogP contribution in [0.25, 0.3) is 0 Å². The van der Waals surface area contributed by atoms with Crippen molar-refractivity contribution < 1.29 is 14.4 Å². The van der Waals surface area contributed by atoms with Crippen LogP contribution in [0, 0.1) is 18.8 Å². The van der Waals surface area contributed by atoms with Crippen LogP contribution in [0.1, 0.15) is 33.7 Å². The number of hydrogen-bond donors (Lipinski definition) is 0. The molecule has 7 rings (SSSR count). The molecule has 4 nitrogen and oxygen atoms in total. The normalized spacial score (nSPS) is 27.7. The van der Waals surface area contributed by atoms with Crippen molar-refractivity contribution in [3.63, 3.8) is 0 Å². The molecule has 3 aromatic rings. The Bertz CT molecular complexity index is 1270. The van der Waals surface area contributed by atoms with Crippen LogP contribution in [0.2, 0.25) is 0 Å². The Labute approximate surface area is 188 Å². The number of amides is 2. The maximum absolute atomic E-state index is 13.9. The van der Waals surface area contributed by atoms with Gasteiger partial charge in [-0.25, -0.2) is 4.90 Å². The highest BCUT2D eigenvalue weighted by molar-refractivity contribution is 9.10. The number of carbonyl (C=O) groups excluding carboxylic acids is 3. The summed E-state index contributed by atoms with van der Waals surface area (Å²) in [5, 5.41) is 0. The van der Waals surface area contributed by atoms with E-state index < -0.39 is 17.3 Å². The maximum Gasteiger partial charge on any atom is 0.239 e. The van der Waals surface area contributed by atoms with Gasteiger partial charge in [-0.15, -0.1) is 0 Å². The molecule has 1 fully saturated rings. The second kappa shape index (κ2) is 6.24. The molecule has 1 aliphatic heterocycles. The van der Waals surface area contributed by atoms with E-state index >= 15 is 0 Å². The van der Waals surface area contributed by atoms with Gasteiger partial charge in [0.05, 0.1) is 22.9 Å². The highest BCUT2D eigenvalue weighted by atomic mass is 79.9. The highest BCUT2D eigenvalue weighted by Gasteiger charge is 2.68. The Kier molecular flexibility index (Phi) is 3.76. The van der Waals surface area contributed by atoms with Crippen LogP contribution in [0.15, 0.2) is 71.2 Å². The minimum absolute atomic E-state index is 0.222. The Morgan fingerprint density at radius 3 is 2.10 bits per heavy atom. The lowest BCUT2D eigenvalue weighted by atomic mass is 9.48. The van der Waals surface area contributed by atoms with Crippen molar-refractivity contribution in [3.05, 3.63) is 99.0 Å². The molecule has 4 aliphatic rings. The summed E-state index contributed by atoms with van der Waals surface area (Å²) in [7, 11) is 0. The number of aldehydes is 1. The van der Waals surface area contributed by atoms with Crippen molar-refractivity contribution in [2.75, 3.05) is 4.90 Å². The number of carbonyl (C=O) groups is 3. The van der Waals surface area contributed by atoms with E-state index in [-0.39, 0.29) is 17.7 Å². The van der Waals surface area contributed by atoms with Gasteiger partial charge in [-0.1, -0.05) is 64.5 Å². The number of rotatable bonds is 2. The zero-order chi connectivity index (χ0) is 21.5. The SMILES string of the molecule is Cc1cc(Br)ccc1N1C(=O)[C@@H]2C3c4ccccc4C(C=O)(c4ccccc43)[C@H]2C1=O. The van der Waals surface area contributed by atoms with Gasteiger partial charge in [0.2, 0.25) is 11.8 Å². The van der Waals surface area contributed by atoms with Crippen LogP contribution in [-0.4, -0.2) is 18.1 Å². The van der Waals surface area contributed by atoms with E-state index in [1.807, 2.05) is 67.6 Å². The zero-order valence-electron chi connectivity index (χ0n) is 16.7. The predicted molar refractivity (Wildman–Crippen MR) is 120 cm³/mol. The zero-order valence-corrected chi connectivity index (χ0v) is 18.3. The van der Waals surface area contributed by atoms with Crippen molar-refractivity contribution >= 4 is 39.7 Å². The summed E-state index contributed by atoms with van der Waals surface area (Å²) >= 11 is 3.45. The molecule has 0 radical (unpaired) electrons. The van der Waals surface area contributed by atoms with Crippen molar-refractivity contribution in [2.24, 2.45) is 11.8 Å². The summed E-state index contributed by atoms with van der Waals surface area (Å²) in [5.41, 5.74) is 3.92. The first kappa shape index (κ1) is 18.7. The van der Waals surface area contributed by atoms with Crippen molar-refractivity contribution in [1.82, 2.24) is 0 Å². The van der Waals surface area contributed by atoms with Gasteiger partial charge in [-0.05, 0) is 52.9 Å². The van der Waals surface area contributed by atoms with Gasteiger partial charge in [0.15, 0.2) is 0 Å². The van der Waals surface area contributed by atoms with Gasteiger partial charge in [-0.3, -0.25) is 9.59 Å². The molecule has 1 saturated heterocycles. The molecule has 0 saturated carbocycles. The third-order valence-corrected chi connectivity index (χ3v) is 7.76. The lowest BCUT2D eigenvalue weighted by molar-refractivity contribution is -0.128. The van der Waals surface area contributed by atoms with Crippen LogP contribution in [0.5, 0.6) is 0 Å². The first-order valence-corrected chi connectivity index (χ1v) is 11.1. The summed E-state index contributed by atoms with van der Waals surface area (Å²) < 4.78 is 0.884. The molecule has 0 spiro atoms. The standard InChI is InChI=1S/C26H18BrNO3/c1-14-12-15(27)10-11-20(14)28-24(30)22-21-16-6-2-4-8-18(16)26(13-29,23(22)25(28)31)19-9-5-3-7-17(19)21/h2-13,21-23H,1H3/t21?,22-,23-,26?/m1/s1. The molecule has 2 amide bonds. The fourth-order valence-electron chi connectivity index (χ4n) is 6.14. The molecule has 152 valence electrons. The highest BCUT2D eigenvalue weighted by Crippen LogP contribution is 2.63. The van der Waals surface area contributed by atoms with E-state index in [9.17, 15) is 14.4 Å². The Balaban J connectivity index is 1.65. The van der Waals surface area contributed by atoms with Crippen LogP contribution < -0.4 is 4.90 Å². The predicted octanol–water partition coefficient (Wildman–Crippen LogP) is 4.51. The molecule has 0 N–H and O–H groups in total. The Hall–Kier alpha value is -3.05. The van der Waals surface area contributed by atoms with Gasteiger partial charge < -0.3 is 4.79 Å². The summed E-state index contributed by atoms with van der Waals surface area (Å²) in [4.78, 5) is 42.0. The van der Waals surface area contributed by atoms with Crippen LogP contribution >= 0.6 is 15.9 Å². The molecule has 0 unspecified atom stereocenters. The number of anilines is 1. The molecule has 2 atom stereocenters. The Morgan fingerprint density at radius 1 is 0.903 bits per heavy atom. The summed E-state index contributed by atoms with van der Waals surface area (Å²) in [6.45, 7) is 1.89. The molecule has 0 aromatic heterocycles. The molecule has 2 bridgehead atoms. The summed E-state index contributed by atoms with van der Waals surface area (Å²) in [5.74, 6) is -2.08. The van der Waals surface area contributed by atoms with Gasteiger partial charge in [-0.2, -0.15) is 0 Å². The molecular weight excluding hydrogens is 454 g/mol. The number of imide groups is 1. The minimum Gasteiger partial charge on any atom is -0.302 e. The van der Waals surface area contributed by atoms with E-state index in [1.165, 1.54) is 4.90 Å². The molecule has 3 aromatic carbocycles. The average molecular weight is 472 g/mol. The summed E-state index contributed by atoms with van der Waals surface area (Å²) in [6, 6.07) is 21.1. The van der Waals surface area contributed by atoms with Crippen molar-refractivity contribution in [1.29, 1.82) is 0 Å². The molecular formula is C26H18BrNO3. The van der Waals surface area contributed by atoms with Gasteiger partial charge in [0.1, 0.15) is 6.29 Å². The van der Waals surface area contributed by atoms with Crippen LogP contribution in [0.4, 0.5) is 5.69 Å². The average Bonchev–Trinajstić information content (AvgIpc) is 3.05. The lowest BCUT2D eigenvalue weighted by Crippen LogP contribution is -2.54. The van der Waals surface area contributed by atoms with E-state index in [2.05, 4.69) is 15.9 Å². The smallest absolute Gasteiger partial charge is 0.239 e. The topological polar surface area (TPSA) is 54.5 Å². The van der Waals surface area contributed by atoms with E-state index in [4.69, 9.17) is 0 Å². The van der Waals surface area contributed by atoms with Crippen molar-refractivity contribution in [3.8, 4) is 0 Å². The number of nitrogens with zero attached hydrogens (tertiary/aromatic N) is 1. The third-order valence-electron chi connectivity index (χ3n) is 7.27. The van der Waals surface area contributed by atoms with Gasteiger partial charge >= 0.3 is 0 Å². The number of aryl methyl sites for hydroxylation is 1. The largest absolute Gasteiger partial charge is 0.302 e. The van der Waals surface area contributed by atoms with Gasteiger partial charge in [0, 0.05) is 10.4 Å². The van der Waals surface area contributed by atoms with E-state index in [0.717, 1.165) is 38.6 Å². The van der Waals surface area contributed by atoms with Gasteiger partial charge in [0.25, 0.3) is 0 Å². The second-order valence-corrected chi connectivity index (χ2v) is 9.50. The van der Waals surface area contributed by atoms with Crippen LogP contribution in [0.3, 0.4) is 0 Å². The van der Waals surface area contributed by atoms with Crippen molar-refractivity contribution in [2.45, 2.75) is 18.3 Å². The quantitative estimate of drug-likeness (QED) is 0.408. The number of hydrogen-bond acceptors (Lipinski definition) is 3. The summed E-state index contributed by atoms with van der Waals surface area (Å²) in [6.07, 6.45) is 0.904. The third kappa shape index (κ3) is 2.12. The lowest BCUT2D eigenvalue weighted by Gasteiger charge is -2.51. The molecule has 31 heavy (non-hydrogen) atoms. The number of halogens is 1. The molecule has 1 heterocycles. The molecule has 5 heteroatoms. The molecule has 3 aliphatic carbocycles. The van der Waals surface area contributed by atoms with E-state index in [1.54, 1.807) is 6.07 Å². The Morgan fingerprint density at radius 2 is 1.52 bits per heavy atom. The first-order valence-electron chi connectivity index (χ1n) is 10.3.